The Bertz CT molecular complexity index is 4690. The SMILES string of the molecule is C.C.C.C=O.N.NCC(N)Cc1ccccc1.O=C(O)CN(Cc1ccccc1O)CC(Cc1ccccc1)N(CC(=O)O)Cc1ccccc1O.O=C(O)CN(Cc1ccccc1O)CC(Cc1ccccc1)N(CC(=O)OO)Cc1ccccc1O.Oc1ccccc1.Oc1ccccc1CNCC(Cc1ccccc1)NCc1ccccc1O. The Kier molecular flexibility index (Phi) is 51.6. The summed E-state index contributed by atoms with van der Waals surface area (Å²) in [6.07, 6.45) is 2.67. The fourth-order valence-corrected chi connectivity index (χ4v) is 12.7. The smallest absolute Gasteiger partial charge is 0.355 e. The van der Waals surface area contributed by atoms with Crippen LogP contribution < -0.4 is 28.3 Å². The van der Waals surface area contributed by atoms with Crippen molar-refractivity contribution >= 4 is 30.7 Å². The van der Waals surface area contributed by atoms with Crippen molar-refractivity contribution in [1.82, 2.24) is 36.4 Å². The number of phenolic OH excluding ortho intramolecular Hbond substituents is 7. The van der Waals surface area contributed by atoms with Gasteiger partial charge in [-0.3, -0.25) is 38.9 Å². The van der Waals surface area contributed by atoms with Crippen molar-refractivity contribution in [3.8, 4) is 40.2 Å². The van der Waals surface area contributed by atoms with Gasteiger partial charge in [0.1, 0.15) is 53.6 Å². The van der Waals surface area contributed by atoms with Gasteiger partial charge in [0.25, 0.3) is 0 Å². The molecule has 0 amide bonds. The summed E-state index contributed by atoms with van der Waals surface area (Å²) in [5, 5.41) is 114. The van der Waals surface area contributed by atoms with Gasteiger partial charge in [-0.25, -0.2) is 4.79 Å². The van der Waals surface area contributed by atoms with Crippen LogP contribution >= 0.6 is 0 Å². The quantitative estimate of drug-likeness (QED) is 0.0126. The molecule has 654 valence electrons. The molecule has 0 aromatic heterocycles. The summed E-state index contributed by atoms with van der Waals surface area (Å²) in [6, 6.07) is 89.5. The maximum atomic E-state index is 12.1. The van der Waals surface area contributed by atoms with Crippen molar-refractivity contribution < 1.29 is 85.2 Å². The lowest BCUT2D eigenvalue weighted by Gasteiger charge is -2.35. The molecule has 0 radical (unpaired) electrons. The van der Waals surface area contributed by atoms with Crippen molar-refractivity contribution in [3.63, 3.8) is 0 Å². The second kappa shape index (κ2) is 59.8. The Morgan fingerprint density at radius 2 is 0.639 bits per heavy atom. The fourth-order valence-electron chi connectivity index (χ4n) is 12.7. The van der Waals surface area contributed by atoms with Crippen LogP contribution in [0.25, 0.3) is 0 Å². The van der Waals surface area contributed by atoms with Crippen LogP contribution in [0.4, 0.5) is 0 Å². The topological polar surface area (TPSA) is 441 Å². The first-order valence-corrected chi connectivity index (χ1v) is 38.2. The number of nitrogens with two attached hydrogens (primary N) is 2. The van der Waals surface area contributed by atoms with Crippen LogP contribution in [-0.4, -0.2) is 183 Å². The Balaban J connectivity index is 0.000000550. The fraction of sp³-hybridized carbons (Fsp3) is 0.260. The van der Waals surface area contributed by atoms with Crippen molar-refractivity contribution in [2.45, 2.75) is 111 Å². The number of nitrogens with zero attached hydrogens (tertiary/aromatic N) is 4. The van der Waals surface area contributed by atoms with Crippen molar-refractivity contribution in [1.29, 1.82) is 0 Å². The molecule has 0 bridgehead atoms. The predicted molar refractivity (Wildman–Crippen MR) is 480 cm³/mol. The Hall–Kier alpha value is -12.8. The molecule has 11 rings (SSSR count). The molecule has 0 aliphatic heterocycles. The molecule has 4 atom stereocenters. The van der Waals surface area contributed by atoms with Gasteiger partial charge in [-0.2, -0.15) is 5.26 Å². The Labute approximate surface area is 717 Å². The molecular weight excluding hydrogens is 1550 g/mol. The van der Waals surface area contributed by atoms with E-state index >= 15 is 0 Å². The number of rotatable bonds is 38. The van der Waals surface area contributed by atoms with E-state index in [1.54, 1.807) is 147 Å². The Morgan fingerprint density at radius 1 is 0.361 bits per heavy atom. The number of hydrogen-bond acceptors (Lipinski definition) is 23. The van der Waals surface area contributed by atoms with Crippen LogP contribution in [0.15, 0.2) is 297 Å². The number of carboxylic acids is 3. The number of carbonyl (C=O) groups is 5. The number of para-hydroxylation sites is 7. The molecule has 0 saturated heterocycles. The molecule has 0 heterocycles. The molecule has 0 fully saturated rings. The average Bonchev–Trinajstić information content (AvgIpc) is 0.840. The summed E-state index contributed by atoms with van der Waals surface area (Å²) in [5.41, 5.74) is 19.6. The van der Waals surface area contributed by atoms with E-state index < -0.39 is 36.0 Å². The van der Waals surface area contributed by atoms with Crippen LogP contribution in [0.3, 0.4) is 0 Å². The normalized spacial score (nSPS) is 11.3. The molecule has 11 aromatic carbocycles. The van der Waals surface area contributed by atoms with E-state index in [4.69, 9.17) is 26.6 Å². The van der Waals surface area contributed by atoms with E-state index in [9.17, 15) is 65.1 Å². The van der Waals surface area contributed by atoms with E-state index in [2.05, 4.69) is 39.8 Å². The zero-order chi connectivity index (χ0) is 85.2. The maximum absolute atomic E-state index is 12.1. The molecule has 0 aliphatic rings. The van der Waals surface area contributed by atoms with Gasteiger partial charge in [0, 0.05) is 123 Å². The minimum absolute atomic E-state index is 0. The number of carbonyl (C=O) groups excluding carboxylic acids is 2. The lowest BCUT2D eigenvalue weighted by Crippen LogP contribution is -2.48. The van der Waals surface area contributed by atoms with Gasteiger partial charge in [-0.15, -0.1) is 0 Å². The van der Waals surface area contributed by atoms with Gasteiger partial charge >= 0.3 is 23.9 Å². The molecule has 4 unspecified atom stereocenters. The number of aromatic hydroxyl groups is 7. The third-order valence-corrected chi connectivity index (χ3v) is 18.6. The first-order valence-electron chi connectivity index (χ1n) is 38.2. The minimum Gasteiger partial charge on any atom is -0.508 e. The molecule has 0 spiro atoms. The number of nitrogens with one attached hydrogen (secondary N) is 2. The second-order valence-electron chi connectivity index (χ2n) is 27.7. The van der Waals surface area contributed by atoms with E-state index in [0.29, 0.717) is 72.0 Å². The van der Waals surface area contributed by atoms with Crippen LogP contribution in [0, 0.1) is 0 Å². The first-order chi connectivity index (χ1) is 57.1. The van der Waals surface area contributed by atoms with E-state index in [1.807, 2.05) is 146 Å². The second-order valence-corrected chi connectivity index (χ2v) is 27.7. The van der Waals surface area contributed by atoms with Crippen LogP contribution in [0.2, 0.25) is 0 Å². The monoisotopic (exact) mass is 1670 g/mol. The molecule has 26 heteroatoms. The molecule has 26 nitrogen and oxygen atoms in total. The predicted octanol–water partition coefficient (Wildman–Crippen LogP) is 13.7. The highest BCUT2D eigenvalue weighted by atomic mass is 17.1. The summed E-state index contributed by atoms with van der Waals surface area (Å²) >= 11 is 0. The number of aliphatic carboxylic acids is 3. The van der Waals surface area contributed by atoms with E-state index in [0.717, 1.165) is 41.6 Å². The maximum Gasteiger partial charge on any atom is 0.355 e. The zero-order valence-electron chi connectivity index (χ0n) is 66.6. The number of carboxylic acid groups (broad SMARTS) is 3. The van der Waals surface area contributed by atoms with Crippen LogP contribution in [0.5, 0.6) is 40.2 Å². The highest BCUT2D eigenvalue weighted by Gasteiger charge is 2.29. The minimum atomic E-state index is -1.04. The summed E-state index contributed by atoms with van der Waals surface area (Å²) in [6.45, 7) is 4.46. The van der Waals surface area contributed by atoms with Gasteiger partial charge in [-0.1, -0.05) is 271 Å². The Morgan fingerprint density at radius 3 is 0.943 bits per heavy atom. The lowest BCUT2D eigenvalue weighted by atomic mass is 10.0. The molecule has 0 aliphatic carbocycles. The van der Waals surface area contributed by atoms with Crippen molar-refractivity contribution in [2.75, 3.05) is 52.4 Å². The van der Waals surface area contributed by atoms with Gasteiger partial charge in [0.05, 0.1) is 19.6 Å². The molecule has 122 heavy (non-hydrogen) atoms. The third kappa shape index (κ3) is 40.8. The van der Waals surface area contributed by atoms with Crippen molar-refractivity contribution in [2.24, 2.45) is 11.5 Å². The van der Waals surface area contributed by atoms with Gasteiger partial charge in [0.2, 0.25) is 0 Å². The standard InChI is InChI=1S/C27H30N2O7.C27H30N2O6.C23H26N2O2.C9H14N2.C6H6O.CH2O.3CH4.H3N/c30-24-12-6-4-10-21(24)15-28(18-26(32)33)17-23(14-20-8-2-1-3-9-20)29(19-27(34)36-35)16-22-11-5-7-13-25(22)31;30-24-12-6-4-10-21(24)15-28(18-26(32)33)17-23(14-20-8-2-1-3-9-20)29(19-27(34)35)16-22-11-5-7-13-25(22)31;26-22-12-6-4-10-19(22)15-24-17-21(14-18-8-2-1-3-9-18)25-16-20-11-5-7-13-23(20)27;10-7-9(11)6-8-4-2-1-3-5-8;7-6-4-2-1-3-5-6;1-2;;;;/h1-13,23,30-31,35H,14-19H2,(H,32,33);1-13,23,30-31H,14-19H2,(H,32,33)(H,34,35);1-13,21,24-27H,14-17H2;1-5,9H,6-7,10-11H2;1-5,7H;1H2;3*1H4;1H3. The number of hydrogen-bond donors (Lipinski definition) is 16. The summed E-state index contributed by atoms with van der Waals surface area (Å²) in [4.78, 5) is 66.1. The lowest BCUT2D eigenvalue weighted by molar-refractivity contribution is -0.235. The largest absolute Gasteiger partial charge is 0.508 e. The summed E-state index contributed by atoms with van der Waals surface area (Å²) < 4.78 is 0. The highest BCUT2D eigenvalue weighted by molar-refractivity contribution is 5.71. The number of phenols is 7. The molecule has 20 N–H and O–H groups in total. The van der Waals surface area contributed by atoms with Gasteiger partial charge in [0.15, 0.2) is 0 Å². The highest BCUT2D eigenvalue weighted by Crippen LogP contribution is 2.27. The zero-order valence-corrected chi connectivity index (χ0v) is 66.6. The summed E-state index contributed by atoms with van der Waals surface area (Å²) in [5.74, 6) is -2.78. The average molecular weight is 1680 g/mol. The third-order valence-electron chi connectivity index (χ3n) is 18.6. The van der Waals surface area contributed by atoms with Crippen LogP contribution in [0.1, 0.15) is 77.9 Å². The van der Waals surface area contributed by atoms with E-state index in [1.165, 1.54) is 17.2 Å². The first kappa shape index (κ1) is 105. The van der Waals surface area contributed by atoms with Gasteiger partial charge in [-0.05, 0) is 96.5 Å². The molecular formula is C96H123N9O17. The molecule has 0 saturated carbocycles. The summed E-state index contributed by atoms with van der Waals surface area (Å²) in [7, 11) is 0. The van der Waals surface area contributed by atoms with Gasteiger partial charge < -0.3 is 84.1 Å². The van der Waals surface area contributed by atoms with Crippen molar-refractivity contribution in [3.05, 3.63) is 353 Å². The van der Waals surface area contributed by atoms with E-state index in [-0.39, 0.29) is 129 Å². The van der Waals surface area contributed by atoms with Crippen LogP contribution in [-0.2, 0) is 93.8 Å². The molecule has 11 aromatic rings. The number of benzene rings is 11.